The molecule has 0 unspecified atom stereocenters. The van der Waals surface area contributed by atoms with Crippen LogP contribution in [0.4, 0.5) is 0 Å². The molecule has 1 amide bonds. The summed E-state index contributed by atoms with van der Waals surface area (Å²) >= 11 is 3.32. The van der Waals surface area contributed by atoms with E-state index in [1.807, 2.05) is 6.07 Å². The standard InChI is InChI=1S/C17H15BrN2O5/c18-13-2-1-3-15(8-13)24-10-16(21)20-19-9-12-4-6-14(7-5-12)25-11-17(22)23/h1-9H,10-11H2,(H,20,21)(H,22,23). The topological polar surface area (TPSA) is 97.2 Å². The van der Waals surface area contributed by atoms with Crippen LogP contribution < -0.4 is 14.9 Å². The van der Waals surface area contributed by atoms with Crippen LogP contribution in [0.2, 0.25) is 0 Å². The molecule has 2 N–H and O–H groups in total. The number of amides is 1. The number of carboxylic acid groups (broad SMARTS) is 1. The molecule has 0 aliphatic carbocycles. The highest BCUT2D eigenvalue weighted by Crippen LogP contribution is 2.17. The number of hydrogen-bond acceptors (Lipinski definition) is 5. The van der Waals surface area contributed by atoms with Crippen LogP contribution in [0.25, 0.3) is 0 Å². The minimum absolute atomic E-state index is 0.157. The van der Waals surface area contributed by atoms with Gasteiger partial charge in [-0.2, -0.15) is 5.10 Å². The number of carbonyl (C=O) groups excluding carboxylic acids is 1. The van der Waals surface area contributed by atoms with Crippen molar-refractivity contribution in [3.63, 3.8) is 0 Å². The molecule has 0 fully saturated rings. The van der Waals surface area contributed by atoms with Crippen LogP contribution in [0.1, 0.15) is 5.56 Å². The first kappa shape index (κ1) is 18.5. The summed E-state index contributed by atoms with van der Waals surface area (Å²) in [7, 11) is 0. The van der Waals surface area contributed by atoms with E-state index in [4.69, 9.17) is 14.6 Å². The van der Waals surface area contributed by atoms with Gasteiger partial charge in [0.05, 0.1) is 6.21 Å². The van der Waals surface area contributed by atoms with Gasteiger partial charge in [0.2, 0.25) is 0 Å². The highest BCUT2D eigenvalue weighted by atomic mass is 79.9. The number of ether oxygens (including phenoxy) is 2. The number of rotatable bonds is 8. The molecule has 130 valence electrons. The summed E-state index contributed by atoms with van der Waals surface area (Å²) in [5, 5.41) is 12.4. The maximum Gasteiger partial charge on any atom is 0.341 e. The van der Waals surface area contributed by atoms with E-state index in [1.54, 1.807) is 42.5 Å². The number of benzene rings is 2. The quantitative estimate of drug-likeness (QED) is 0.518. The van der Waals surface area contributed by atoms with Gasteiger partial charge >= 0.3 is 5.97 Å². The molecule has 0 aromatic heterocycles. The highest BCUT2D eigenvalue weighted by molar-refractivity contribution is 9.10. The van der Waals surface area contributed by atoms with Crippen LogP contribution in [-0.2, 0) is 9.59 Å². The van der Waals surface area contributed by atoms with E-state index in [-0.39, 0.29) is 6.61 Å². The maximum absolute atomic E-state index is 11.7. The lowest BCUT2D eigenvalue weighted by molar-refractivity contribution is -0.139. The van der Waals surface area contributed by atoms with Crippen LogP contribution in [0, 0.1) is 0 Å². The fourth-order valence-electron chi connectivity index (χ4n) is 1.71. The molecule has 0 saturated heterocycles. The summed E-state index contributed by atoms with van der Waals surface area (Å²) in [5.41, 5.74) is 3.07. The maximum atomic E-state index is 11.7. The largest absolute Gasteiger partial charge is 0.484 e. The molecule has 2 aromatic carbocycles. The Morgan fingerprint density at radius 3 is 2.48 bits per heavy atom. The average molecular weight is 407 g/mol. The van der Waals surface area contributed by atoms with E-state index >= 15 is 0 Å². The first-order valence-electron chi connectivity index (χ1n) is 7.18. The van der Waals surface area contributed by atoms with Gasteiger partial charge in [-0.1, -0.05) is 22.0 Å². The summed E-state index contributed by atoms with van der Waals surface area (Å²) in [6.45, 7) is -0.558. The number of hydrogen-bond donors (Lipinski definition) is 2. The monoisotopic (exact) mass is 406 g/mol. The first-order chi connectivity index (χ1) is 12.0. The lowest BCUT2D eigenvalue weighted by Crippen LogP contribution is -2.24. The Kier molecular flexibility index (Phi) is 6.97. The number of nitrogens with one attached hydrogen (secondary N) is 1. The van der Waals surface area contributed by atoms with Gasteiger partial charge in [-0.3, -0.25) is 4.79 Å². The van der Waals surface area contributed by atoms with Crippen LogP contribution >= 0.6 is 15.9 Å². The van der Waals surface area contributed by atoms with Gasteiger partial charge < -0.3 is 14.6 Å². The van der Waals surface area contributed by atoms with Crippen molar-refractivity contribution in [1.29, 1.82) is 0 Å². The molecule has 7 nitrogen and oxygen atoms in total. The Morgan fingerprint density at radius 1 is 1.08 bits per heavy atom. The van der Waals surface area contributed by atoms with E-state index in [9.17, 15) is 9.59 Å². The van der Waals surface area contributed by atoms with Crippen LogP contribution in [0.15, 0.2) is 58.1 Å². The van der Waals surface area contributed by atoms with E-state index in [0.717, 1.165) is 10.0 Å². The summed E-state index contributed by atoms with van der Waals surface area (Å²) in [6, 6.07) is 13.8. The molecule has 2 aromatic rings. The fraction of sp³-hybridized carbons (Fsp3) is 0.118. The van der Waals surface area contributed by atoms with Crippen molar-refractivity contribution in [1.82, 2.24) is 5.43 Å². The molecule has 0 heterocycles. The molecule has 0 radical (unpaired) electrons. The van der Waals surface area contributed by atoms with Crippen LogP contribution in [0.3, 0.4) is 0 Å². The van der Waals surface area contributed by atoms with Crippen molar-refractivity contribution in [2.24, 2.45) is 5.10 Å². The molecule has 0 aliphatic rings. The van der Waals surface area contributed by atoms with Gasteiger partial charge in [0, 0.05) is 4.47 Å². The Morgan fingerprint density at radius 2 is 1.80 bits per heavy atom. The minimum atomic E-state index is -1.04. The van der Waals surface area contributed by atoms with Crippen molar-refractivity contribution in [3.8, 4) is 11.5 Å². The normalized spacial score (nSPS) is 10.4. The van der Waals surface area contributed by atoms with Crippen molar-refractivity contribution in [2.45, 2.75) is 0 Å². The lowest BCUT2D eigenvalue weighted by Gasteiger charge is -2.05. The van der Waals surface area contributed by atoms with Gasteiger partial charge in [-0.05, 0) is 48.0 Å². The molecule has 0 saturated carbocycles. The summed E-state index contributed by atoms with van der Waals surface area (Å²) in [6.07, 6.45) is 1.46. The van der Waals surface area contributed by atoms with Crippen LogP contribution in [-0.4, -0.2) is 36.4 Å². The summed E-state index contributed by atoms with van der Waals surface area (Å²) < 4.78 is 11.2. The van der Waals surface area contributed by atoms with E-state index in [1.165, 1.54) is 6.21 Å². The fourth-order valence-corrected chi connectivity index (χ4v) is 2.09. The number of carbonyl (C=O) groups is 2. The number of hydrazone groups is 1. The number of halogens is 1. The minimum Gasteiger partial charge on any atom is -0.484 e. The summed E-state index contributed by atoms with van der Waals surface area (Å²) in [5.74, 6) is -0.424. The van der Waals surface area contributed by atoms with E-state index < -0.39 is 18.5 Å². The van der Waals surface area contributed by atoms with Gasteiger partial charge in [0.1, 0.15) is 11.5 Å². The molecular formula is C17H15BrN2O5. The van der Waals surface area contributed by atoms with Gasteiger partial charge in [0.15, 0.2) is 13.2 Å². The molecule has 2 rings (SSSR count). The van der Waals surface area contributed by atoms with Gasteiger partial charge in [0.25, 0.3) is 5.91 Å². The zero-order valence-corrected chi connectivity index (χ0v) is 14.6. The third-order valence-corrected chi connectivity index (χ3v) is 3.30. The second-order valence-electron chi connectivity index (χ2n) is 4.79. The number of carboxylic acids is 1. The Labute approximate surface area is 152 Å². The molecule has 25 heavy (non-hydrogen) atoms. The Hall–Kier alpha value is -2.87. The number of aliphatic carboxylic acids is 1. The predicted octanol–water partition coefficient (Wildman–Crippen LogP) is 2.44. The highest BCUT2D eigenvalue weighted by Gasteiger charge is 2.02. The molecule has 0 atom stereocenters. The van der Waals surface area contributed by atoms with E-state index in [2.05, 4.69) is 26.5 Å². The number of nitrogens with zero attached hydrogens (tertiary/aromatic N) is 1. The molecular weight excluding hydrogens is 392 g/mol. The van der Waals surface area contributed by atoms with Gasteiger partial charge in [-0.15, -0.1) is 0 Å². The predicted molar refractivity (Wildman–Crippen MR) is 94.9 cm³/mol. The lowest BCUT2D eigenvalue weighted by atomic mass is 10.2. The van der Waals surface area contributed by atoms with Crippen molar-refractivity contribution in [2.75, 3.05) is 13.2 Å². The molecule has 0 aliphatic heterocycles. The third kappa shape index (κ3) is 7.05. The molecule has 8 heteroatoms. The SMILES string of the molecule is O=C(O)COc1ccc(C=NNC(=O)COc2cccc(Br)c2)cc1. The Balaban J connectivity index is 1.76. The van der Waals surface area contributed by atoms with E-state index in [0.29, 0.717) is 11.5 Å². The van der Waals surface area contributed by atoms with Crippen molar-refractivity contribution >= 4 is 34.0 Å². The molecule has 0 spiro atoms. The van der Waals surface area contributed by atoms with Crippen molar-refractivity contribution < 1.29 is 24.2 Å². The first-order valence-corrected chi connectivity index (χ1v) is 7.97. The zero-order chi connectivity index (χ0) is 18.1. The average Bonchev–Trinajstić information content (AvgIpc) is 2.59. The summed E-state index contributed by atoms with van der Waals surface area (Å²) in [4.78, 5) is 22.1. The zero-order valence-electron chi connectivity index (χ0n) is 13.0. The van der Waals surface area contributed by atoms with Crippen LogP contribution in [0.5, 0.6) is 11.5 Å². The second-order valence-corrected chi connectivity index (χ2v) is 5.71. The van der Waals surface area contributed by atoms with Gasteiger partial charge in [-0.25, -0.2) is 10.2 Å². The third-order valence-electron chi connectivity index (χ3n) is 2.81. The van der Waals surface area contributed by atoms with Crippen molar-refractivity contribution in [3.05, 3.63) is 58.6 Å². The second kappa shape index (κ2) is 9.43. The molecule has 0 bridgehead atoms. The Bertz CT molecular complexity index is 762. The smallest absolute Gasteiger partial charge is 0.341 e.